The van der Waals surface area contributed by atoms with Crippen LogP contribution < -0.4 is 21.1 Å². The lowest BCUT2D eigenvalue weighted by atomic mass is 9.79. The number of carbonyl (C=O) groups excluding carboxylic acids is 1. The molecule has 11 heteroatoms. The van der Waals surface area contributed by atoms with Crippen LogP contribution in [-0.2, 0) is 11.8 Å². The van der Waals surface area contributed by atoms with Crippen molar-refractivity contribution in [3.8, 4) is 17.0 Å². The van der Waals surface area contributed by atoms with Gasteiger partial charge in [0.2, 0.25) is 5.95 Å². The van der Waals surface area contributed by atoms with Gasteiger partial charge >= 0.3 is 6.03 Å². The molecule has 0 fully saturated rings. The van der Waals surface area contributed by atoms with Gasteiger partial charge in [-0.15, -0.1) is 15.3 Å². The summed E-state index contributed by atoms with van der Waals surface area (Å²) in [6.07, 6.45) is 2.04. The van der Waals surface area contributed by atoms with Crippen LogP contribution in [0.5, 0.6) is 5.75 Å². The van der Waals surface area contributed by atoms with E-state index >= 15 is 0 Å². The predicted octanol–water partition coefficient (Wildman–Crippen LogP) is 6.47. The molecular weight excluding hydrogens is 566 g/mol. The number of nitrogens with two attached hydrogens (primary N) is 1. The van der Waals surface area contributed by atoms with Crippen molar-refractivity contribution in [3.63, 3.8) is 0 Å². The lowest BCUT2D eigenvalue weighted by molar-refractivity contribution is 0.218. The van der Waals surface area contributed by atoms with Crippen LogP contribution in [-0.4, -0.2) is 35.8 Å². The average molecular weight is 600 g/mol. The quantitative estimate of drug-likeness (QED) is 0.171. The second kappa shape index (κ2) is 12.4. The molecule has 0 bridgehead atoms. The molecule has 1 unspecified atom stereocenters. The number of nitrogens with one attached hydrogen (secondary N) is 2. The Morgan fingerprint density at radius 3 is 2.42 bits per heavy atom. The maximum Gasteiger partial charge on any atom is 0.324 e. The zero-order valence-corrected chi connectivity index (χ0v) is 25.2. The zero-order valence-electron chi connectivity index (χ0n) is 25.2. The van der Waals surface area contributed by atoms with Crippen molar-refractivity contribution in [2.75, 3.05) is 16.4 Å². The fourth-order valence-corrected chi connectivity index (χ4v) is 5.19. The molecule has 3 aromatic carbocycles. The molecule has 11 nitrogen and oxygen atoms in total. The van der Waals surface area contributed by atoms with Crippen LogP contribution in [0.4, 0.5) is 22.2 Å². The minimum absolute atomic E-state index is 0.161. The Morgan fingerprint density at radius 1 is 0.911 bits per heavy atom. The lowest BCUT2D eigenvalue weighted by Gasteiger charge is -2.27. The predicted molar refractivity (Wildman–Crippen MR) is 174 cm³/mol. The van der Waals surface area contributed by atoms with Crippen molar-refractivity contribution in [1.82, 2.24) is 29.8 Å². The smallest absolute Gasteiger partial charge is 0.324 e. The highest BCUT2D eigenvalue weighted by molar-refractivity contribution is 5.99. The summed E-state index contributed by atoms with van der Waals surface area (Å²) < 4.78 is 7.82. The van der Waals surface area contributed by atoms with Crippen molar-refractivity contribution < 1.29 is 9.53 Å². The number of nitrogen functional groups attached to an aromatic ring is 1. The van der Waals surface area contributed by atoms with Gasteiger partial charge in [-0.05, 0) is 66.3 Å². The van der Waals surface area contributed by atoms with Crippen LogP contribution in [0.3, 0.4) is 0 Å². The summed E-state index contributed by atoms with van der Waals surface area (Å²) in [5.41, 5.74) is 10.9. The number of amides is 2. The van der Waals surface area contributed by atoms with Gasteiger partial charge in [-0.1, -0.05) is 74.5 Å². The molecule has 0 spiro atoms. The van der Waals surface area contributed by atoms with Crippen LogP contribution in [0, 0.1) is 0 Å². The minimum Gasteiger partial charge on any atom is -0.484 e. The van der Waals surface area contributed by atoms with Crippen molar-refractivity contribution >= 4 is 29.3 Å². The molecule has 4 N–H and O–H groups in total. The topological polar surface area (TPSA) is 145 Å². The Labute approximate surface area is 260 Å². The fraction of sp³-hybridized carbons (Fsp3) is 0.176. The van der Waals surface area contributed by atoms with Gasteiger partial charge < -0.3 is 15.8 Å². The highest BCUT2D eigenvalue weighted by atomic mass is 16.5. The molecule has 0 saturated carbocycles. The minimum atomic E-state index is -0.391. The first-order valence-electron chi connectivity index (χ1n) is 14.5. The summed E-state index contributed by atoms with van der Waals surface area (Å²) in [5.74, 6) is 1.67. The number of nitrogens with zero attached hydrogens (tertiary/aromatic N) is 6. The first-order valence-corrected chi connectivity index (χ1v) is 14.5. The van der Waals surface area contributed by atoms with Gasteiger partial charge in [-0.2, -0.15) is 9.50 Å². The summed E-state index contributed by atoms with van der Waals surface area (Å²) in [4.78, 5) is 21.2. The zero-order chi connectivity index (χ0) is 31.4. The molecule has 3 heterocycles. The Morgan fingerprint density at radius 2 is 1.67 bits per heavy atom. The SMILES string of the molecule is CC(Oc1ccc(C(C)(C)Cc2ccccc2NC(=O)Nc2ccc(-c3ccccc3)nn2)cc1)c1ccnc2nc(N)nn12. The maximum atomic E-state index is 12.9. The molecule has 0 aliphatic carbocycles. The van der Waals surface area contributed by atoms with Gasteiger partial charge in [0.05, 0.1) is 11.4 Å². The van der Waals surface area contributed by atoms with E-state index in [1.807, 2.05) is 85.8 Å². The maximum absolute atomic E-state index is 12.9. The Hall–Kier alpha value is -5.84. The van der Waals surface area contributed by atoms with E-state index in [-0.39, 0.29) is 17.5 Å². The molecule has 6 aromatic rings. The van der Waals surface area contributed by atoms with E-state index < -0.39 is 6.03 Å². The third-order valence-electron chi connectivity index (χ3n) is 7.53. The third-order valence-corrected chi connectivity index (χ3v) is 7.53. The highest BCUT2D eigenvalue weighted by Crippen LogP contribution is 2.32. The van der Waals surface area contributed by atoms with Crippen LogP contribution >= 0.6 is 0 Å². The fourth-order valence-electron chi connectivity index (χ4n) is 5.19. The van der Waals surface area contributed by atoms with Gasteiger partial charge in [0.25, 0.3) is 5.78 Å². The number of fused-ring (bicyclic) bond motifs is 1. The first-order chi connectivity index (χ1) is 21.7. The van der Waals surface area contributed by atoms with Gasteiger partial charge in [-0.25, -0.2) is 9.78 Å². The Balaban J connectivity index is 1.10. The number of aromatic nitrogens is 6. The number of para-hydroxylation sites is 1. The number of ether oxygens (including phenoxy) is 1. The largest absolute Gasteiger partial charge is 0.484 e. The molecule has 1 atom stereocenters. The van der Waals surface area contributed by atoms with E-state index in [0.717, 1.165) is 39.5 Å². The Bertz CT molecular complexity index is 1920. The highest BCUT2D eigenvalue weighted by Gasteiger charge is 2.23. The van der Waals surface area contributed by atoms with Crippen LogP contribution in [0.15, 0.2) is 103 Å². The van der Waals surface area contributed by atoms with E-state index in [4.69, 9.17) is 10.5 Å². The summed E-state index contributed by atoms with van der Waals surface area (Å²) in [7, 11) is 0. The molecular formula is C34H33N9O2. The molecule has 0 saturated heterocycles. The monoisotopic (exact) mass is 599 g/mol. The summed E-state index contributed by atoms with van der Waals surface area (Å²) in [6.45, 7) is 6.29. The summed E-state index contributed by atoms with van der Waals surface area (Å²) in [6, 6.07) is 30.6. The van der Waals surface area contributed by atoms with Gasteiger partial charge in [0, 0.05) is 17.4 Å². The van der Waals surface area contributed by atoms with Crippen molar-refractivity contribution in [2.45, 2.75) is 38.7 Å². The number of urea groups is 1. The molecule has 45 heavy (non-hydrogen) atoms. The van der Waals surface area contributed by atoms with Crippen LogP contribution in [0.25, 0.3) is 17.0 Å². The second-order valence-electron chi connectivity index (χ2n) is 11.3. The number of rotatable bonds is 9. The normalized spacial score (nSPS) is 12.1. The molecule has 226 valence electrons. The second-order valence-corrected chi connectivity index (χ2v) is 11.3. The van der Waals surface area contributed by atoms with E-state index in [0.29, 0.717) is 18.0 Å². The first kappa shape index (κ1) is 29.2. The van der Waals surface area contributed by atoms with E-state index in [1.165, 1.54) is 0 Å². The Kier molecular flexibility index (Phi) is 8.06. The van der Waals surface area contributed by atoms with E-state index in [1.54, 1.807) is 16.8 Å². The number of benzene rings is 3. The van der Waals surface area contributed by atoms with Gasteiger partial charge in [0.1, 0.15) is 11.9 Å². The van der Waals surface area contributed by atoms with Crippen molar-refractivity contribution in [3.05, 3.63) is 120 Å². The van der Waals surface area contributed by atoms with Crippen molar-refractivity contribution in [1.29, 1.82) is 0 Å². The van der Waals surface area contributed by atoms with Gasteiger partial charge in [-0.3, -0.25) is 5.32 Å². The third kappa shape index (κ3) is 6.72. The van der Waals surface area contributed by atoms with E-state index in [2.05, 4.69) is 61.9 Å². The van der Waals surface area contributed by atoms with Gasteiger partial charge in [0.15, 0.2) is 5.82 Å². The standard InChI is InChI=1S/C34H33N9O2/c1-22(29-19-20-36-32-39-31(35)42-43(29)32)45-26-15-13-25(14-16-26)34(2,3)21-24-11-7-8-12-27(24)37-33(44)38-30-18-17-28(40-41-30)23-9-5-4-6-10-23/h4-20,22H,21H2,1-3H3,(H2,35,42)(H2,37,38,41,44). The van der Waals surface area contributed by atoms with Crippen molar-refractivity contribution in [2.24, 2.45) is 0 Å². The molecule has 2 amide bonds. The van der Waals surface area contributed by atoms with Crippen LogP contribution in [0.1, 0.15) is 43.7 Å². The molecule has 0 aliphatic rings. The average Bonchev–Trinajstić information content (AvgIpc) is 3.43. The number of carbonyl (C=O) groups is 1. The van der Waals surface area contributed by atoms with E-state index in [9.17, 15) is 4.79 Å². The lowest BCUT2D eigenvalue weighted by Crippen LogP contribution is -2.24. The molecule has 3 aromatic heterocycles. The number of hydrogen-bond acceptors (Lipinski definition) is 8. The molecule has 0 radical (unpaired) electrons. The summed E-state index contributed by atoms with van der Waals surface area (Å²) in [5, 5.41) is 18.4. The van der Waals surface area contributed by atoms with Crippen LogP contribution in [0.2, 0.25) is 0 Å². The summed E-state index contributed by atoms with van der Waals surface area (Å²) >= 11 is 0. The number of anilines is 3. The number of hydrogen-bond donors (Lipinski definition) is 3. The molecule has 0 aliphatic heterocycles. The molecule has 6 rings (SSSR count).